The van der Waals surface area contributed by atoms with Crippen LogP contribution in [0.25, 0.3) is 20.8 Å². The van der Waals surface area contributed by atoms with Gasteiger partial charge in [0, 0.05) is 16.8 Å². The van der Waals surface area contributed by atoms with Crippen LogP contribution in [0.4, 0.5) is 5.69 Å². The first-order valence-electron chi connectivity index (χ1n) is 9.04. The molecule has 29 heavy (non-hydrogen) atoms. The third-order valence-electron chi connectivity index (χ3n) is 4.56. The number of fused-ring (bicyclic) bond motifs is 2. The lowest BCUT2D eigenvalue weighted by molar-refractivity contribution is 0.102. The first-order valence-corrected chi connectivity index (χ1v) is 10.2. The molecular weight excluding hydrogens is 408 g/mol. The monoisotopic (exact) mass is 422 g/mol. The number of aromatic nitrogens is 1. The Morgan fingerprint density at radius 1 is 1.00 bits per heavy atom. The summed E-state index contributed by atoms with van der Waals surface area (Å²) in [5.74, 6) is 0.981. The first kappa shape index (κ1) is 18.0. The van der Waals surface area contributed by atoms with Crippen LogP contribution in [-0.2, 0) is 0 Å². The minimum absolute atomic E-state index is 0.245. The Kier molecular flexibility index (Phi) is 4.58. The number of hydrogen-bond donors (Lipinski definition) is 1. The van der Waals surface area contributed by atoms with Gasteiger partial charge in [-0.05, 0) is 48.5 Å². The molecule has 0 bridgehead atoms. The zero-order valence-electron chi connectivity index (χ0n) is 15.1. The fourth-order valence-electron chi connectivity index (χ4n) is 3.14. The molecule has 1 aliphatic rings. The van der Waals surface area contributed by atoms with Crippen LogP contribution < -0.4 is 14.8 Å². The number of nitrogens with zero attached hydrogens (tertiary/aromatic N) is 1. The minimum atomic E-state index is -0.245. The van der Waals surface area contributed by atoms with E-state index >= 15 is 0 Å². The molecule has 7 heteroatoms. The van der Waals surface area contributed by atoms with Crippen LogP contribution in [0.3, 0.4) is 0 Å². The molecule has 0 saturated carbocycles. The summed E-state index contributed by atoms with van der Waals surface area (Å²) in [6.45, 7) is 0.985. The second kappa shape index (κ2) is 7.39. The van der Waals surface area contributed by atoms with E-state index < -0.39 is 0 Å². The van der Waals surface area contributed by atoms with E-state index in [0.717, 1.165) is 20.8 Å². The number of para-hydroxylation sites is 1. The molecular formula is C22H15ClN2O3S. The molecule has 0 unspecified atom stereocenters. The highest BCUT2D eigenvalue weighted by Crippen LogP contribution is 2.36. The maximum Gasteiger partial charge on any atom is 0.255 e. The molecule has 1 amide bonds. The number of ether oxygens (including phenoxy) is 2. The molecule has 4 aromatic rings. The second-order valence-corrected chi connectivity index (χ2v) is 7.93. The van der Waals surface area contributed by atoms with E-state index in [-0.39, 0.29) is 5.91 Å². The van der Waals surface area contributed by atoms with E-state index in [1.165, 1.54) is 0 Å². The quantitative estimate of drug-likeness (QED) is 0.464. The van der Waals surface area contributed by atoms with Gasteiger partial charge in [0.15, 0.2) is 11.5 Å². The molecule has 0 spiro atoms. The van der Waals surface area contributed by atoms with Gasteiger partial charge in [0.25, 0.3) is 5.91 Å². The van der Waals surface area contributed by atoms with Crippen molar-refractivity contribution in [3.63, 3.8) is 0 Å². The van der Waals surface area contributed by atoms with Gasteiger partial charge in [-0.15, -0.1) is 11.3 Å². The second-order valence-electron chi connectivity index (χ2n) is 6.49. The normalized spacial score (nSPS) is 12.7. The Bertz CT molecular complexity index is 1200. The summed E-state index contributed by atoms with van der Waals surface area (Å²) in [6.07, 6.45) is 0. The van der Waals surface area contributed by atoms with Gasteiger partial charge in [0.1, 0.15) is 18.2 Å². The van der Waals surface area contributed by atoms with Crippen LogP contribution >= 0.6 is 22.9 Å². The third kappa shape index (κ3) is 3.52. The van der Waals surface area contributed by atoms with Gasteiger partial charge in [0.05, 0.1) is 15.2 Å². The van der Waals surface area contributed by atoms with Crippen molar-refractivity contribution in [2.24, 2.45) is 0 Å². The van der Waals surface area contributed by atoms with Crippen molar-refractivity contribution in [2.75, 3.05) is 18.5 Å². The molecule has 0 radical (unpaired) electrons. The Morgan fingerprint density at radius 3 is 2.66 bits per heavy atom. The van der Waals surface area contributed by atoms with Crippen molar-refractivity contribution in [3.05, 3.63) is 71.2 Å². The number of rotatable bonds is 3. The molecule has 0 atom stereocenters. The molecule has 0 aliphatic carbocycles. The lowest BCUT2D eigenvalue weighted by Gasteiger charge is -2.18. The number of halogens is 1. The van der Waals surface area contributed by atoms with Gasteiger partial charge in [-0.2, -0.15) is 0 Å². The number of hydrogen-bond acceptors (Lipinski definition) is 5. The molecule has 1 aromatic heterocycles. The number of benzene rings is 3. The molecule has 1 aliphatic heterocycles. The molecule has 3 aromatic carbocycles. The molecule has 0 saturated heterocycles. The molecule has 1 N–H and O–H groups in total. The summed E-state index contributed by atoms with van der Waals surface area (Å²) in [4.78, 5) is 17.3. The largest absolute Gasteiger partial charge is 0.486 e. The maximum atomic E-state index is 12.6. The number of thiazole rings is 1. The highest BCUT2D eigenvalue weighted by Gasteiger charge is 2.16. The van der Waals surface area contributed by atoms with Gasteiger partial charge in [-0.3, -0.25) is 4.79 Å². The average molecular weight is 423 g/mol. The summed E-state index contributed by atoms with van der Waals surface area (Å²) >= 11 is 8.08. The topological polar surface area (TPSA) is 60.5 Å². The van der Waals surface area contributed by atoms with Gasteiger partial charge >= 0.3 is 0 Å². The maximum absolute atomic E-state index is 12.6. The van der Waals surface area contributed by atoms with Crippen LogP contribution in [0.1, 0.15) is 10.4 Å². The van der Waals surface area contributed by atoms with E-state index in [1.807, 2.05) is 36.4 Å². The van der Waals surface area contributed by atoms with Gasteiger partial charge < -0.3 is 14.8 Å². The van der Waals surface area contributed by atoms with E-state index in [0.29, 0.717) is 41.0 Å². The van der Waals surface area contributed by atoms with Crippen LogP contribution in [0.5, 0.6) is 11.5 Å². The van der Waals surface area contributed by atoms with Crippen molar-refractivity contribution in [1.82, 2.24) is 4.98 Å². The van der Waals surface area contributed by atoms with Gasteiger partial charge in [0.2, 0.25) is 0 Å². The molecule has 2 heterocycles. The summed E-state index contributed by atoms with van der Waals surface area (Å²) in [5, 5.41) is 4.25. The fraction of sp³-hybridized carbons (Fsp3) is 0.0909. The Hall–Kier alpha value is -3.09. The average Bonchev–Trinajstić information content (AvgIpc) is 3.17. The summed E-state index contributed by atoms with van der Waals surface area (Å²) in [5.41, 5.74) is 2.88. The smallest absolute Gasteiger partial charge is 0.255 e. The first-order chi connectivity index (χ1) is 14.2. The van der Waals surface area contributed by atoms with E-state index in [1.54, 1.807) is 35.6 Å². The zero-order chi connectivity index (χ0) is 19.8. The lowest BCUT2D eigenvalue weighted by Crippen LogP contribution is -2.17. The Morgan fingerprint density at radius 2 is 1.83 bits per heavy atom. The number of carbonyl (C=O) groups is 1. The lowest BCUT2D eigenvalue weighted by atomic mass is 10.1. The van der Waals surface area contributed by atoms with Crippen molar-refractivity contribution >= 4 is 44.7 Å². The van der Waals surface area contributed by atoms with Crippen molar-refractivity contribution in [2.45, 2.75) is 0 Å². The van der Waals surface area contributed by atoms with Gasteiger partial charge in [-0.25, -0.2) is 4.98 Å². The number of carbonyl (C=O) groups excluding carboxylic acids is 1. The van der Waals surface area contributed by atoms with Crippen LogP contribution in [0.2, 0.25) is 5.02 Å². The highest BCUT2D eigenvalue weighted by molar-refractivity contribution is 7.21. The van der Waals surface area contributed by atoms with Crippen LogP contribution in [0, 0.1) is 0 Å². The third-order valence-corrected chi connectivity index (χ3v) is 5.94. The summed E-state index contributed by atoms with van der Waals surface area (Å²) in [7, 11) is 0. The summed E-state index contributed by atoms with van der Waals surface area (Å²) < 4.78 is 12.1. The van der Waals surface area contributed by atoms with Crippen molar-refractivity contribution < 1.29 is 14.3 Å². The van der Waals surface area contributed by atoms with Crippen molar-refractivity contribution in [1.29, 1.82) is 0 Å². The number of anilines is 1. The molecule has 144 valence electrons. The predicted octanol–water partition coefficient (Wildman–Crippen LogP) is 5.64. The Balaban J connectivity index is 1.38. The number of amides is 1. The SMILES string of the molecule is O=C(Nc1ccc(-c2nc3ccccc3s2)c(Cl)c1)c1ccc2c(c1)OCCO2. The zero-order valence-corrected chi connectivity index (χ0v) is 16.7. The highest BCUT2D eigenvalue weighted by atomic mass is 35.5. The predicted molar refractivity (Wildman–Crippen MR) is 115 cm³/mol. The van der Waals surface area contributed by atoms with Crippen molar-refractivity contribution in [3.8, 4) is 22.1 Å². The molecule has 0 fully saturated rings. The van der Waals surface area contributed by atoms with E-state index in [4.69, 9.17) is 21.1 Å². The number of nitrogens with one attached hydrogen (secondary N) is 1. The Labute approximate surface area is 175 Å². The van der Waals surface area contributed by atoms with E-state index in [2.05, 4.69) is 10.3 Å². The van der Waals surface area contributed by atoms with Gasteiger partial charge in [-0.1, -0.05) is 23.7 Å². The fourth-order valence-corrected chi connectivity index (χ4v) is 4.47. The minimum Gasteiger partial charge on any atom is -0.486 e. The standard InChI is InChI=1S/C22H15ClN2O3S/c23-16-12-14(6-7-15(16)22-25-17-3-1-2-4-20(17)29-22)24-21(26)13-5-8-18-19(11-13)28-10-9-27-18/h1-8,11-12H,9-10H2,(H,24,26). The van der Waals surface area contributed by atoms with Crippen LogP contribution in [-0.4, -0.2) is 24.1 Å². The molecule has 5 rings (SSSR count). The summed E-state index contributed by atoms with van der Waals surface area (Å²) in [6, 6.07) is 18.5. The van der Waals surface area contributed by atoms with Crippen LogP contribution in [0.15, 0.2) is 60.7 Å². The molecule has 5 nitrogen and oxygen atoms in total. The van der Waals surface area contributed by atoms with E-state index in [9.17, 15) is 4.79 Å².